The Labute approximate surface area is 189 Å². The van der Waals surface area contributed by atoms with Gasteiger partial charge in [-0.3, -0.25) is 9.89 Å². The molecule has 2 aromatic carbocycles. The molecule has 0 saturated carbocycles. The number of halogens is 2. The Balaban J connectivity index is 0.00000280. The molecule has 0 aromatic heterocycles. The van der Waals surface area contributed by atoms with E-state index in [0.29, 0.717) is 23.3 Å². The van der Waals surface area contributed by atoms with Gasteiger partial charge in [0.25, 0.3) is 0 Å². The van der Waals surface area contributed by atoms with Crippen LogP contribution in [0.15, 0.2) is 47.5 Å². The molecule has 0 radical (unpaired) electrons. The first-order chi connectivity index (χ1) is 13.1. The second kappa shape index (κ2) is 10.9. The van der Waals surface area contributed by atoms with Crippen molar-refractivity contribution in [1.29, 1.82) is 0 Å². The Kier molecular flexibility index (Phi) is 8.85. The molecule has 1 atom stereocenters. The van der Waals surface area contributed by atoms with Gasteiger partial charge in [-0.05, 0) is 56.6 Å². The molecule has 3 rings (SSSR count). The summed E-state index contributed by atoms with van der Waals surface area (Å²) in [4.78, 5) is 7.09. The standard InChI is InChI=1S/C21H27ClN4O.HI/c1-15-5-7-16(8-6-15)19(26-11-3-4-12-26)14-24-21(23)25-17-9-10-20(27-2)18(22)13-17;/h5-10,13,19H,3-4,11-12,14H2,1-2H3,(H3,23,24,25);1H. The van der Waals surface area contributed by atoms with Crippen LogP contribution in [-0.2, 0) is 0 Å². The van der Waals surface area contributed by atoms with Crippen molar-refractivity contribution in [3.8, 4) is 5.75 Å². The van der Waals surface area contributed by atoms with Crippen LogP contribution in [0, 0.1) is 6.92 Å². The van der Waals surface area contributed by atoms with Gasteiger partial charge in [0.15, 0.2) is 5.96 Å². The molecule has 0 amide bonds. The number of ether oxygens (including phenoxy) is 1. The monoisotopic (exact) mass is 514 g/mol. The summed E-state index contributed by atoms with van der Waals surface area (Å²) in [6.07, 6.45) is 2.48. The average molecular weight is 515 g/mol. The van der Waals surface area contributed by atoms with Crippen LogP contribution in [0.5, 0.6) is 5.75 Å². The minimum atomic E-state index is 0. The molecule has 0 bridgehead atoms. The van der Waals surface area contributed by atoms with Gasteiger partial charge >= 0.3 is 0 Å². The highest BCUT2D eigenvalue weighted by atomic mass is 127. The van der Waals surface area contributed by atoms with E-state index in [-0.39, 0.29) is 30.0 Å². The van der Waals surface area contributed by atoms with E-state index < -0.39 is 0 Å². The number of hydrogen-bond acceptors (Lipinski definition) is 3. The number of hydrogen-bond donors (Lipinski definition) is 2. The summed E-state index contributed by atoms with van der Waals surface area (Å²) >= 11 is 6.17. The zero-order chi connectivity index (χ0) is 19.2. The lowest BCUT2D eigenvalue weighted by Crippen LogP contribution is -2.30. The molecule has 0 spiro atoms. The molecule has 1 aliphatic rings. The predicted octanol–water partition coefficient (Wildman–Crippen LogP) is 4.84. The highest BCUT2D eigenvalue weighted by molar-refractivity contribution is 14.0. The summed E-state index contributed by atoms with van der Waals surface area (Å²) in [5.74, 6) is 1.01. The maximum atomic E-state index is 6.17. The molecule has 5 nitrogen and oxygen atoms in total. The van der Waals surface area contributed by atoms with Crippen LogP contribution < -0.4 is 15.8 Å². The van der Waals surface area contributed by atoms with E-state index in [1.165, 1.54) is 24.0 Å². The van der Waals surface area contributed by atoms with E-state index >= 15 is 0 Å². The van der Waals surface area contributed by atoms with Crippen LogP contribution in [0.25, 0.3) is 0 Å². The van der Waals surface area contributed by atoms with Crippen LogP contribution in [-0.4, -0.2) is 37.6 Å². The third-order valence-corrected chi connectivity index (χ3v) is 5.20. The molecule has 1 aliphatic heterocycles. The second-order valence-corrected chi connectivity index (χ2v) is 7.28. The zero-order valence-corrected chi connectivity index (χ0v) is 19.4. The minimum Gasteiger partial charge on any atom is -0.495 e. The number of nitrogens with one attached hydrogen (secondary N) is 1. The molecule has 3 N–H and O–H groups in total. The first-order valence-corrected chi connectivity index (χ1v) is 9.65. The number of likely N-dealkylation sites (tertiary alicyclic amines) is 1. The summed E-state index contributed by atoms with van der Waals surface area (Å²) in [6, 6.07) is 14.4. The molecule has 1 saturated heterocycles. The number of aliphatic imine (C=N–C) groups is 1. The summed E-state index contributed by atoms with van der Waals surface area (Å²) in [5, 5.41) is 3.64. The van der Waals surface area contributed by atoms with E-state index in [9.17, 15) is 0 Å². The topological polar surface area (TPSA) is 62.9 Å². The third-order valence-electron chi connectivity index (χ3n) is 4.90. The van der Waals surface area contributed by atoms with Gasteiger partial charge in [-0.2, -0.15) is 0 Å². The molecule has 28 heavy (non-hydrogen) atoms. The van der Waals surface area contributed by atoms with E-state index in [4.69, 9.17) is 22.1 Å². The predicted molar refractivity (Wildman–Crippen MR) is 128 cm³/mol. The first-order valence-electron chi connectivity index (χ1n) is 9.28. The molecule has 7 heteroatoms. The smallest absolute Gasteiger partial charge is 0.193 e. The van der Waals surface area contributed by atoms with Gasteiger partial charge in [0, 0.05) is 5.69 Å². The number of anilines is 1. The highest BCUT2D eigenvalue weighted by Crippen LogP contribution is 2.28. The largest absolute Gasteiger partial charge is 0.495 e. The minimum absolute atomic E-state index is 0. The number of methoxy groups -OCH3 is 1. The third kappa shape index (κ3) is 5.99. The molecular formula is C21H28ClIN4O. The van der Waals surface area contributed by atoms with Crippen LogP contribution >= 0.6 is 35.6 Å². The summed E-state index contributed by atoms with van der Waals surface area (Å²) in [5.41, 5.74) is 9.46. The van der Waals surface area contributed by atoms with Crippen molar-refractivity contribution in [3.05, 3.63) is 58.6 Å². The number of nitrogens with two attached hydrogens (primary N) is 1. The van der Waals surface area contributed by atoms with Crippen molar-refractivity contribution >= 4 is 47.2 Å². The number of benzene rings is 2. The zero-order valence-electron chi connectivity index (χ0n) is 16.3. The molecule has 2 aromatic rings. The van der Waals surface area contributed by atoms with E-state index in [1.807, 2.05) is 6.07 Å². The first kappa shape index (κ1) is 22.8. The number of aryl methyl sites for hydroxylation is 1. The summed E-state index contributed by atoms with van der Waals surface area (Å²) < 4.78 is 5.17. The van der Waals surface area contributed by atoms with Crippen molar-refractivity contribution in [1.82, 2.24) is 4.90 Å². The molecular weight excluding hydrogens is 487 g/mol. The van der Waals surface area contributed by atoms with E-state index in [2.05, 4.69) is 46.4 Å². The quantitative estimate of drug-likeness (QED) is 0.329. The number of rotatable bonds is 6. The van der Waals surface area contributed by atoms with Gasteiger partial charge in [-0.1, -0.05) is 41.4 Å². The lowest BCUT2D eigenvalue weighted by Gasteiger charge is -2.27. The van der Waals surface area contributed by atoms with Crippen molar-refractivity contribution in [2.24, 2.45) is 10.7 Å². The number of nitrogens with zero attached hydrogens (tertiary/aromatic N) is 2. The fourth-order valence-electron chi connectivity index (χ4n) is 3.39. The highest BCUT2D eigenvalue weighted by Gasteiger charge is 2.23. The van der Waals surface area contributed by atoms with Crippen molar-refractivity contribution < 1.29 is 4.74 Å². The molecule has 0 aliphatic carbocycles. The molecule has 1 unspecified atom stereocenters. The van der Waals surface area contributed by atoms with Gasteiger partial charge in [0.05, 0.1) is 24.7 Å². The van der Waals surface area contributed by atoms with Crippen molar-refractivity contribution in [2.45, 2.75) is 25.8 Å². The fourth-order valence-corrected chi connectivity index (χ4v) is 3.65. The maximum Gasteiger partial charge on any atom is 0.193 e. The summed E-state index contributed by atoms with van der Waals surface area (Å²) in [6.45, 7) is 4.94. The average Bonchev–Trinajstić information content (AvgIpc) is 3.18. The van der Waals surface area contributed by atoms with Crippen LogP contribution in [0.1, 0.15) is 30.0 Å². The van der Waals surface area contributed by atoms with E-state index in [1.54, 1.807) is 19.2 Å². The Bertz CT molecular complexity index is 791. The van der Waals surface area contributed by atoms with Crippen LogP contribution in [0.2, 0.25) is 5.02 Å². The van der Waals surface area contributed by atoms with E-state index in [0.717, 1.165) is 18.8 Å². The Morgan fingerprint density at radius 1 is 1.21 bits per heavy atom. The lowest BCUT2D eigenvalue weighted by atomic mass is 10.0. The van der Waals surface area contributed by atoms with Crippen LogP contribution in [0.4, 0.5) is 5.69 Å². The fraction of sp³-hybridized carbons (Fsp3) is 0.381. The van der Waals surface area contributed by atoms with Gasteiger partial charge in [0.2, 0.25) is 0 Å². The van der Waals surface area contributed by atoms with Gasteiger partial charge in [-0.15, -0.1) is 24.0 Å². The molecule has 152 valence electrons. The van der Waals surface area contributed by atoms with Gasteiger partial charge < -0.3 is 15.8 Å². The Morgan fingerprint density at radius 2 is 1.89 bits per heavy atom. The molecule has 1 fully saturated rings. The van der Waals surface area contributed by atoms with Gasteiger partial charge in [0.1, 0.15) is 5.75 Å². The maximum absolute atomic E-state index is 6.17. The van der Waals surface area contributed by atoms with Crippen molar-refractivity contribution in [2.75, 3.05) is 32.1 Å². The normalized spacial score (nSPS) is 15.8. The molecule has 1 heterocycles. The summed E-state index contributed by atoms with van der Waals surface area (Å²) in [7, 11) is 1.59. The SMILES string of the molecule is COc1ccc(NC(N)=NCC(c2ccc(C)cc2)N2CCCC2)cc1Cl.I. The Morgan fingerprint density at radius 3 is 2.50 bits per heavy atom. The number of guanidine groups is 1. The van der Waals surface area contributed by atoms with Crippen molar-refractivity contribution in [3.63, 3.8) is 0 Å². The lowest BCUT2D eigenvalue weighted by molar-refractivity contribution is 0.252. The van der Waals surface area contributed by atoms with Crippen LogP contribution in [0.3, 0.4) is 0 Å². The second-order valence-electron chi connectivity index (χ2n) is 6.87. The van der Waals surface area contributed by atoms with Gasteiger partial charge in [-0.25, -0.2) is 0 Å². The Hall–Kier alpha value is -1.51.